The molecule has 0 heterocycles. The topological polar surface area (TPSA) is 27.7 Å². The molecular formula is C33H52O3. The Morgan fingerprint density at radius 1 is 0.889 bits per heavy atom. The van der Waals surface area contributed by atoms with Crippen molar-refractivity contribution >= 4 is 0 Å². The van der Waals surface area contributed by atoms with Gasteiger partial charge in [-0.15, -0.1) is 0 Å². The first kappa shape index (κ1) is 26.5. The molecule has 4 aliphatic rings. The Bertz CT molecular complexity index is 830. The van der Waals surface area contributed by atoms with E-state index >= 15 is 0 Å². The van der Waals surface area contributed by atoms with Crippen LogP contribution in [0.25, 0.3) is 0 Å². The van der Waals surface area contributed by atoms with Gasteiger partial charge in [0.05, 0.1) is 18.8 Å². The van der Waals surface area contributed by atoms with E-state index in [2.05, 4.69) is 39.0 Å². The van der Waals surface area contributed by atoms with Crippen LogP contribution in [0.4, 0.5) is 0 Å². The molecule has 5 unspecified atom stereocenters. The maximum absolute atomic E-state index is 6.61. The molecule has 0 N–H and O–H groups in total. The smallest absolute Gasteiger partial charge is 0.119 e. The average Bonchev–Trinajstić information content (AvgIpc) is 3.51. The molecule has 36 heavy (non-hydrogen) atoms. The van der Waals surface area contributed by atoms with Crippen molar-refractivity contribution in [3.63, 3.8) is 0 Å². The Morgan fingerprint density at radius 2 is 1.69 bits per heavy atom. The van der Waals surface area contributed by atoms with E-state index in [9.17, 15) is 0 Å². The summed E-state index contributed by atoms with van der Waals surface area (Å²) < 4.78 is 19.2. The summed E-state index contributed by atoms with van der Waals surface area (Å²) in [4.78, 5) is 0. The van der Waals surface area contributed by atoms with Gasteiger partial charge in [-0.3, -0.25) is 0 Å². The first-order valence-corrected chi connectivity index (χ1v) is 15.6. The van der Waals surface area contributed by atoms with E-state index in [1.807, 2.05) is 0 Å². The molecule has 0 spiro atoms. The van der Waals surface area contributed by atoms with Crippen molar-refractivity contribution < 1.29 is 14.2 Å². The van der Waals surface area contributed by atoms with Crippen LogP contribution in [0, 0.1) is 23.2 Å². The van der Waals surface area contributed by atoms with Crippen LogP contribution in [0.5, 0.6) is 5.75 Å². The Hall–Kier alpha value is -1.06. The van der Waals surface area contributed by atoms with Gasteiger partial charge in [0.25, 0.3) is 0 Å². The summed E-state index contributed by atoms with van der Waals surface area (Å²) in [6.07, 6.45) is 18.6. The molecular weight excluding hydrogens is 444 g/mol. The predicted octanol–water partition coefficient (Wildman–Crippen LogP) is 8.48. The molecule has 0 saturated heterocycles. The summed E-state index contributed by atoms with van der Waals surface area (Å²) >= 11 is 0. The van der Waals surface area contributed by atoms with Crippen LogP contribution in [-0.4, -0.2) is 32.0 Å². The molecule has 0 bridgehead atoms. The number of hydrogen-bond acceptors (Lipinski definition) is 3. The third-order valence-electron chi connectivity index (χ3n) is 10.5. The van der Waals surface area contributed by atoms with E-state index in [-0.39, 0.29) is 0 Å². The molecule has 0 aliphatic heterocycles. The lowest BCUT2D eigenvalue weighted by atomic mass is 9.51. The summed E-state index contributed by atoms with van der Waals surface area (Å²) in [6, 6.07) is 7.10. The van der Waals surface area contributed by atoms with Crippen LogP contribution in [0.3, 0.4) is 0 Å². The van der Waals surface area contributed by atoms with Crippen molar-refractivity contribution in [2.75, 3.05) is 19.8 Å². The highest BCUT2D eigenvalue weighted by Crippen LogP contribution is 2.64. The van der Waals surface area contributed by atoms with E-state index < -0.39 is 0 Å². The fourth-order valence-electron chi connectivity index (χ4n) is 8.61. The van der Waals surface area contributed by atoms with Crippen molar-refractivity contribution in [1.29, 1.82) is 0 Å². The summed E-state index contributed by atoms with van der Waals surface area (Å²) in [5, 5.41) is 0. The zero-order valence-corrected chi connectivity index (χ0v) is 23.4. The first-order chi connectivity index (χ1) is 17.6. The van der Waals surface area contributed by atoms with Gasteiger partial charge in [0, 0.05) is 13.2 Å². The highest BCUT2D eigenvalue weighted by molar-refractivity contribution is 5.41. The predicted molar refractivity (Wildman–Crippen MR) is 148 cm³/mol. The maximum atomic E-state index is 6.61. The third kappa shape index (κ3) is 5.53. The highest BCUT2D eigenvalue weighted by atomic mass is 16.5. The van der Waals surface area contributed by atoms with Gasteiger partial charge in [-0.2, -0.15) is 0 Å². The zero-order valence-electron chi connectivity index (χ0n) is 23.4. The fraction of sp³-hybridized carbons (Fsp3) is 0.818. The number of rotatable bonds is 12. The van der Waals surface area contributed by atoms with Crippen LogP contribution in [0.2, 0.25) is 0 Å². The minimum atomic E-state index is 0.327. The number of aryl methyl sites for hydroxylation is 1. The molecule has 0 radical (unpaired) electrons. The summed E-state index contributed by atoms with van der Waals surface area (Å²) in [7, 11) is 0. The Labute approximate surface area is 221 Å². The Balaban J connectivity index is 1.36. The number of fused-ring (bicyclic) bond motifs is 5. The number of hydrogen-bond donors (Lipinski definition) is 0. The molecule has 0 amide bonds. The van der Waals surface area contributed by atoms with E-state index in [1.54, 1.807) is 11.1 Å². The number of unbranched alkanes of at least 4 members (excludes halogenated alkanes) is 2. The molecule has 5 rings (SSSR count). The van der Waals surface area contributed by atoms with E-state index in [4.69, 9.17) is 14.2 Å². The molecule has 0 aromatic heterocycles. The van der Waals surface area contributed by atoms with Crippen molar-refractivity contribution in [2.45, 2.75) is 129 Å². The molecule has 1 aromatic carbocycles. The van der Waals surface area contributed by atoms with Gasteiger partial charge in [0.1, 0.15) is 5.75 Å². The second-order valence-corrected chi connectivity index (χ2v) is 12.7. The normalized spacial score (nSPS) is 33.8. The Morgan fingerprint density at radius 3 is 2.50 bits per heavy atom. The summed E-state index contributed by atoms with van der Waals surface area (Å²) in [5.41, 5.74) is 3.52. The summed E-state index contributed by atoms with van der Waals surface area (Å²) in [5.74, 6) is 4.04. The van der Waals surface area contributed by atoms with Crippen molar-refractivity contribution in [3.05, 3.63) is 29.3 Å². The highest BCUT2D eigenvalue weighted by Gasteiger charge is 2.58. The van der Waals surface area contributed by atoms with Crippen LogP contribution >= 0.6 is 0 Å². The van der Waals surface area contributed by atoms with E-state index in [0.29, 0.717) is 29.5 Å². The third-order valence-corrected chi connectivity index (χ3v) is 10.5. The lowest BCUT2D eigenvalue weighted by Crippen LogP contribution is -2.48. The lowest BCUT2D eigenvalue weighted by Gasteiger charge is -2.54. The Kier molecular flexibility index (Phi) is 9.00. The maximum Gasteiger partial charge on any atom is 0.119 e. The van der Waals surface area contributed by atoms with Gasteiger partial charge in [0.15, 0.2) is 0 Å². The standard InChI is InChI=1S/C33H52O3/c1-4-6-19-34-27-13-15-28-24(22-27)12-14-29-30-16-17-31(36-20-7-5-2)33(30,3)23-25(32(28)29)18-21-35-26-10-8-9-11-26/h13,15,22,25-26,29-32H,4-12,14,16-21,23H2,1-3H3/t25-,29?,30?,31?,32?,33?/m0/s1. The minimum absolute atomic E-state index is 0.327. The van der Waals surface area contributed by atoms with E-state index in [0.717, 1.165) is 43.8 Å². The van der Waals surface area contributed by atoms with Crippen LogP contribution in [0.15, 0.2) is 18.2 Å². The van der Waals surface area contributed by atoms with Crippen LogP contribution in [0.1, 0.15) is 121 Å². The quantitative estimate of drug-likeness (QED) is 0.272. The molecule has 1 aromatic rings. The van der Waals surface area contributed by atoms with Crippen LogP contribution < -0.4 is 4.74 Å². The molecule has 3 fully saturated rings. The van der Waals surface area contributed by atoms with Crippen LogP contribution in [-0.2, 0) is 15.9 Å². The second kappa shape index (κ2) is 12.2. The molecule has 4 aliphatic carbocycles. The van der Waals surface area contributed by atoms with Gasteiger partial charge in [0.2, 0.25) is 0 Å². The average molecular weight is 497 g/mol. The number of benzene rings is 1. The molecule has 3 saturated carbocycles. The van der Waals surface area contributed by atoms with E-state index in [1.165, 1.54) is 83.5 Å². The molecule has 3 heteroatoms. The van der Waals surface area contributed by atoms with Crippen molar-refractivity contribution in [3.8, 4) is 5.75 Å². The van der Waals surface area contributed by atoms with Gasteiger partial charge in [-0.1, -0.05) is 52.5 Å². The lowest BCUT2D eigenvalue weighted by molar-refractivity contribution is -0.0862. The first-order valence-electron chi connectivity index (χ1n) is 15.6. The zero-order chi connectivity index (χ0) is 25.0. The fourth-order valence-corrected chi connectivity index (χ4v) is 8.61. The van der Waals surface area contributed by atoms with Gasteiger partial charge >= 0.3 is 0 Å². The molecule has 3 nitrogen and oxygen atoms in total. The van der Waals surface area contributed by atoms with Gasteiger partial charge < -0.3 is 14.2 Å². The molecule has 6 atom stereocenters. The largest absolute Gasteiger partial charge is 0.494 e. The molecule has 202 valence electrons. The minimum Gasteiger partial charge on any atom is -0.494 e. The second-order valence-electron chi connectivity index (χ2n) is 12.7. The SMILES string of the molecule is CCCCOc1ccc2c(c1)CCC1C2[C@@H](CCOC2CCCC2)CC2(C)C(OCCCC)CCC12. The van der Waals surface area contributed by atoms with Gasteiger partial charge in [-0.25, -0.2) is 0 Å². The number of ether oxygens (including phenoxy) is 3. The van der Waals surface area contributed by atoms with Crippen molar-refractivity contribution in [2.24, 2.45) is 23.2 Å². The summed E-state index contributed by atoms with van der Waals surface area (Å²) in [6.45, 7) is 9.82. The monoisotopic (exact) mass is 496 g/mol. The van der Waals surface area contributed by atoms with Gasteiger partial charge in [-0.05, 0) is 117 Å². The van der Waals surface area contributed by atoms with Crippen molar-refractivity contribution in [1.82, 2.24) is 0 Å².